The van der Waals surface area contributed by atoms with Gasteiger partial charge in [0.2, 0.25) is 0 Å². The molecule has 86 valence electrons. The van der Waals surface area contributed by atoms with Crippen molar-refractivity contribution in [2.75, 3.05) is 4.43 Å². The van der Waals surface area contributed by atoms with Gasteiger partial charge in [-0.1, -0.05) is 48.8 Å². The first-order valence-electron chi connectivity index (χ1n) is 5.95. The van der Waals surface area contributed by atoms with Crippen LogP contribution in [0, 0.1) is 11.3 Å². The molecule has 15 heavy (non-hydrogen) atoms. The van der Waals surface area contributed by atoms with E-state index in [2.05, 4.69) is 29.5 Å². The topological polar surface area (TPSA) is 26.3 Å². The van der Waals surface area contributed by atoms with Crippen molar-refractivity contribution in [2.45, 2.75) is 51.6 Å². The molecule has 0 aromatic rings. The molecule has 2 nitrogen and oxygen atoms in total. The number of esters is 1. The van der Waals surface area contributed by atoms with Crippen LogP contribution >= 0.6 is 22.6 Å². The zero-order valence-electron chi connectivity index (χ0n) is 9.30. The van der Waals surface area contributed by atoms with Gasteiger partial charge in [-0.15, -0.1) is 0 Å². The number of carbonyl (C=O) groups excluding carboxylic acids is 1. The highest BCUT2D eigenvalue weighted by atomic mass is 127. The smallest absolute Gasteiger partial charge is 0.306 e. The first-order valence-corrected chi connectivity index (χ1v) is 7.48. The number of ether oxygens (including phenoxy) is 1. The van der Waals surface area contributed by atoms with Gasteiger partial charge in [-0.3, -0.25) is 4.79 Å². The van der Waals surface area contributed by atoms with E-state index in [1.165, 1.54) is 32.1 Å². The fourth-order valence-corrected chi connectivity index (χ4v) is 4.36. The van der Waals surface area contributed by atoms with Crippen LogP contribution < -0.4 is 0 Å². The number of hydrogen-bond donors (Lipinski definition) is 0. The van der Waals surface area contributed by atoms with Crippen LogP contribution in [0.1, 0.15) is 45.4 Å². The van der Waals surface area contributed by atoms with Crippen molar-refractivity contribution in [3.63, 3.8) is 0 Å². The summed E-state index contributed by atoms with van der Waals surface area (Å²) in [7, 11) is 0. The van der Waals surface area contributed by atoms with E-state index < -0.39 is 0 Å². The Hall–Kier alpha value is 0.200. The minimum Gasteiger partial charge on any atom is -0.461 e. The standard InChI is InChI=1S/C12H19IO2/c1-2-9-4-3-5-12(6-9)7-11(14)15-10(12)8-13/h9-10H,2-8H2,1H3. The van der Waals surface area contributed by atoms with E-state index in [0.717, 1.165) is 10.3 Å². The highest BCUT2D eigenvalue weighted by molar-refractivity contribution is 14.1. The van der Waals surface area contributed by atoms with Crippen molar-refractivity contribution in [1.29, 1.82) is 0 Å². The molecule has 0 N–H and O–H groups in total. The monoisotopic (exact) mass is 322 g/mol. The van der Waals surface area contributed by atoms with Crippen LogP contribution in [0.2, 0.25) is 0 Å². The summed E-state index contributed by atoms with van der Waals surface area (Å²) in [4.78, 5) is 11.5. The van der Waals surface area contributed by atoms with Gasteiger partial charge >= 0.3 is 5.97 Å². The fourth-order valence-electron chi connectivity index (χ4n) is 3.25. The zero-order valence-corrected chi connectivity index (χ0v) is 11.5. The van der Waals surface area contributed by atoms with E-state index in [-0.39, 0.29) is 17.5 Å². The number of hydrogen-bond acceptors (Lipinski definition) is 2. The Balaban J connectivity index is 2.13. The normalized spacial score (nSPS) is 40.8. The lowest BCUT2D eigenvalue weighted by Crippen LogP contribution is -2.37. The van der Waals surface area contributed by atoms with E-state index in [4.69, 9.17) is 4.74 Å². The molecular formula is C12H19IO2. The Labute approximate surface area is 105 Å². The summed E-state index contributed by atoms with van der Waals surface area (Å²) in [6.45, 7) is 2.26. The Morgan fingerprint density at radius 3 is 3.07 bits per heavy atom. The highest BCUT2D eigenvalue weighted by Gasteiger charge is 2.50. The number of rotatable bonds is 2. The summed E-state index contributed by atoms with van der Waals surface area (Å²) in [6, 6.07) is 0. The van der Waals surface area contributed by atoms with Crippen molar-refractivity contribution in [1.82, 2.24) is 0 Å². The van der Waals surface area contributed by atoms with Gasteiger partial charge in [0.05, 0.1) is 6.42 Å². The molecule has 3 atom stereocenters. The third-order valence-corrected chi connectivity index (χ3v) is 4.95. The molecule has 1 spiro atoms. The summed E-state index contributed by atoms with van der Waals surface area (Å²) in [5.41, 5.74) is 0.206. The fraction of sp³-hybridized carbons (Fsp3) is 0.917. The van der Waals surface area contributed by atoms with Crippen LogP contribution in [0.15, 0.2) is 0 Å². The molecule has 1 saturated heterocycles. The van der Waals surface area contributed by atoms with Gasteiger partial charge in [0.25, 0.3) is 0 Å². The van der Waals surface area contributed by atoms with Crippen LogP contribution in [-0.2, 0) is 9.53 Å². The van der Waals surface area contributed by atoms with Gasteiger partial charge in [0, 0.05) is 9.84 Å². The van der Waals surface area contributed by atoms with Gasteiger partial charge in [-0.2, -0.15) is 0 Å². The molecule has 1 aliphatic carbocycles. The molecule has 0 radical (unpaired) electrons. The molecule has 0 amide bonds. The second-order valence-corrected chi connectivity index (χ2v) is 5.92. The van der Waals surface area contributed by atoms with Crippen molar-refractivity contribution in [3.05, 3.63) is 0 Å². The van der Waals surface area contributed by atoms with Gasteiger partial charge < -0.3 is 4.74 Å². The third-order valence-electron chi connectivity index (χ3n) is 4.15. The van der Waals surface area contributed by atoms with E-state index in [1.807, 2.05) is 0 Å². The lowest BCUT2D eigenvalue weighted by molar-refractivity contribution is -0.140. The van der Waals surface area contributed by atoms with Crippen LogP contribution in [0.5, 0.6) is 0 Å². The number of alkyl halides is 1. The van der Waals surface area contributed by atoms with Crippen molar-refractivity contribution in [3.8, 4) is 0 Å². The molecule has 2 aliphatic rings. The predicted octanol–water partition coefficient (Wildman–Crippen LogP) is 3.32. The molecule has 0 aromatic carbocycles. The number of halogens is 1. The number of carbonyl (C=O) groups is 1. The predicted molar refractivity (Wildman–Crippen MR) is 68.1 cm³/mol. The van der Waals surface area contributed by atoms with E-state index in [0.29, 0.717) is 6.42 Å². The Bertz CT molecular complexity index is 254. The lowest BCUT2D eigenvalue weighted by atomic mass is 9.65. The van der Waals surface area contributed by atoms with Crippen LogP contribution in [0.4, 0.5) is 0 Å². The average molecular weight is 322 g/mol. The molecule has 0 bridgehead atoms. The first kappa shape index (κ1) is 11.7. The van der Waals surface area contributed by atoms with Gasteiger partial charge in [0.1, 0.15) is 6.10 Å². The molecule has 3 unspecified atom stereocenters. The molecule has 2 rings (SSSR count). The molecule has 1 aliphatic heterocycles. The molecule has 1 heterocycles. The second-order valence-electron chi connectivity index (χ2n) is 5.04. The van der Waals surface area contributed by atoms with Crippen LogP contribution in [0.3, 0.4) is 0 Å². The molecular weight excluding hydrogens is 303 g/mol. The van der Waals surface area contributed by atoms with Crippen molar-refractivity contribution < 1.29 is 9.53 Å². The van der Waals surface area contributed by atoms with E-state index >= 15 is 0 Å². The second kappa shape index (κ2) is 4.60. The molecule has 1 saturated carbocycles. The maximum absolute atomic E-state index is 11.5. The summed E-state index contributed by atoms with van der Waals surface area (Å²) in [5, 5.41) is 0. The maximum Gasteiger partial charge on any atom is 0.306 e. The summed E-state index contributed by atoms with van der Waals surface area (Å²) in [5.74, 6) is 0.854. The van der Waals surface area contributed by atoms with E-state index in [9.17, 15) is 4.79 Å². The zero-order chi connectivity index (χ0) is 10.9. The summed E-state index contributed by atoms with van der Waals surface area (Å²) in [6.07, 6.45) is 7.16. The first-order chi connectivity index (χ1) is 7.20. The van der Waals surface area contributed by atoms with Crippen molar-refractivity contribution >= 4 is 28.6 Å². The number of cyclic esters (lactones) is 1. The van der Waals surface area contributed by atoms with Gasteiger partial charge in [-0.25, -0.2) is 0 Å². The molecule has 3 heteroatoms. The minimum absolute atomic E-state index is 0.0356. The summed E-state index contributed by atoms with van der Waals surface area (Å²) >= 11 is 2.35. The summed E-state index contributed by atoms with van der Waals surface area (Å²) < 4.78 is 6.41. The van der Waals surface area contributed by atoms with Gasteiger partial charge in [0.15, 0.2) is 0 Å². The van der Waals surface area contributed by atoms with Crippen LogP contribution in [0.25, 0.3) is 0 Å². The maximum atomic E-state index is 11.5. The Morgan fingerprint density at radius 2 is 2.40 bits per heavy atom. The largest absolute Gasteiger partial charge is 0.461 e. The molecule has 0 aromatic heterocycles. The van der Waals surface area contributed by atoms with Gasteiger partial charge in [-0.05, 0) is 18.8 Å². The molecule has 2 fully saturated rings. The van der Waals surface area contributed by atoms with Crippen molar-refractivity contribution in [2.24, 2.45) is 11.3 Å². The quantitative estimate of drug-likeness (QED) is 0.443. The SMILES string of the molecule is CCC1CCCC2(CC(=O)OC2CI)C1. The highest BCUT2D eigenvalue weighted by Crippen LogP contribution is 2.50. The Morgan fingerprint density at radius 1 is 1.60 bits per heavy atom. The minimum atomic E-state index is 0.0356. The lowest BCUT2D eigenvalue weighted by Gasteiger charge is -2.39. The van der Waals surface area contributed by atoms with E-state index in [1.54, 1.807) is 0 Å². The Kier molecular flexibility index (Phi) is 3.58. The third kappa shape index (κ3) is 2.17. The van der Waals surface area contributed by atoms with Crippen LogP contribution in [-0.4, -0.2) is 16.5 Å². The average Bonchev–Trinajstić information content (AvgIpc) is 2.54.